The van der Waals surface area contributed by atoms with Gasteiger partial charge in [0.05, 0.1) is 16.6 Å². The van der Waals surface area contributed by atoms with Crippen LogP contribution in [0.1, 0.15) is 5.56 Å². The van der Waals surface area contributed by atoms with Gasteiger partial charge in [-0.15, -0.1) is 0 Å². The van der Waals surface area contributed by atoms with Gasteiger partial charge in [0.2, 0.25) is 0 Å². The number of imidazole rings is 1. The van der Waals surface area contributed by atoms with Crippen LogP contribution < -0.4 is 0 Å². The first-order chi connectivity index (χ1) is 9.06. The van der Waals surface area contributed by atoms with Crippen molar-refractivity contribution in [3.8, 4) is 11.4 Å². The number of hydrogen-bond donors (Lipinski definition) is 1. The molecule has 1 heterocycles. The minimum atomic E-state index is -0.624. The molecule has 0 bridgehead atoms. The van der Waals surface area contributed by atoms with Crippen molar-refractivity contribution in [3.63, 3.8) is 0 Å². The third kappa shape index (κ3) is 2.04. The van der Waals surface area contributed by atoms with E-state index in [9.17, 15) is 8.78 Å². The van der Waals surface area contributed by atoms with Gasteiger partial charge in [-0.25, -0.2) is 13.8 Å². The fraction of sp³-hybridized carbons (Fsp3) is 0.0714. The van der Waals surface area contributed by atoms with Crippen molar-refractivity contribution in [2.45, 2.75) is 6.92 Å². The van der Waals surface area contributed by atoms with E-state index in [-0.39, 0.29) is 11.4 Å². The van der Waals surface area contributed by atoms with Gasteiger partial charge in [0, 0.05) is 4.47 Å². The summed E-state index contributed by atoms with van der Waals surface area (Å²) in [5, 5.41) is 0. The Morgan fingerprint density at radius 3 is 2.74 bits per heavy atom. The summed E-state index contributed by atoms with van der Waals surface area (Å²) in [5.74, 6) is -1.01. The molecule has 0 amide bonds. The van der Waals surface area contributed by atoms with E-state index in [2.05, 4.69) is 25.9 Å². The minimum Gasteiger partial charge on any atom is -0.338 e. The molecule has 0 fully saturated rings. The molecule has 0 unspecified atom stereocenters. The number of aromatic amines is 1. The molecule has 0 aliphatic carbocycles. The number of aromatic nitrogens is 2. The maximum absolute atomic E-state index is 14.0. The number of hydrogen-bond acceptors (Lipinski definition) is 1. The molecule has 0 aliphatic rings. The van der Waals surface area contributed by atoms with Gasteiger partial charge < -0.3 is 4.98 Å². The van der Waals surface area contributed by atoms with Crippen molar-refractivity contribution in [3.05, 3.63) is 52.0 Å². The van der Waals surface area contributed by atoms with Gasteiger partial charge in [0.25, 0.3) is 0 Å². The standard InChI is InChI=1S/C14H9BrF2N2/c1-7-2-4-9(16)12(13(7)17)14-18-10-5-3-8(15)6-11(10)19-14/h2-6H,1H3,(H,18,19). The largest absolute Gasteiger partial charge is 0.338 e. The lowest BCUT2D eigenvalue weighted by Crippen LogP contribution is -1.94. The summed E-state index contributed by atoms with van der Waals surface area (Å²) in [5.41, 5.74) is 1.66. The second-order valence-electron chi connectivity index (χ2n) is 4.30. The van der Waals surface area contributed by atoms with Crippen LogP contribution in [0.25, 0.3) is 22.4 Å². The van der Waals surface area contributed by atoms with Gasteiger partial charge in [-0.1, -0.05) is 22.0 Å². The Balaban J connectivity index is 2.27. The van der Waals surface area contributed by atoms with Crippen molar-refractivity contribution < 1.29 is 8.78 Å². The number of aryl methyl sites for hydroxylation is 1. The van der Waals surface area contributed by atoms with Crippen molar-refractivity contribution in [1.82, 2.24) is 9.97 Å². The van der Waals surface area contributed by atoms with Crippen LogP contribution in [-0.4, -0.2) is 9.97 Å². The molecule has 1 aromatic heterocycles. The summed E-state index contributed by atoms with van der Waals surface area (Å²) < 4.78 is 28.7. The first-order valence-corrected chi connectivity index (χ1v) is 6.46. The highest BCUT2D eigenvalue weighted by Gasteiger charge is 2.17. The predicted octanol–water partition coefficient (Wildman–Crippen LogP) is 4.58. The van der Waals surface area contributed by atoms with E-state index in [4.69, 9.17) is 0 Å². The van der Waals surface area contributed by atoms with Crippen LogP contribution >= 0.6 is 15.9 Å². The van der Waals surface area contributed by atoms with Crippen LogP contribution in [0.15, 0.2) is 34.8 Å². The number of halogens is 3. The smallest absolute Gasteiger partial charge is 0.144 e. The van der Waals surface area contributed by atoms with Gasteiger partial charge in [-0.05, 0) is 36.8 Å². The number of rotatable bonds is 1. The van der Waals surface area contributed by atoms with Crippen LogP contribution in [-0.2, 0) is 0 Å². The average Bonchev–Trinajstić information content (AvgIpc) is 2.77. The molecule has 0 aliphatic heterocycles. The fourth-order valence-electron chi connectivity index (χ4n) is 1.97. The van der Waals surface area contributed by atoms with E-state index in [1.54, 1.807) is 13.0 Å². The maximum atomic E-state index is 14.0. The van der Waals surface area contributed by atoms with Crippen LogP contribution in [0.3, 0.4) is 0 Å². The Morgan fingerprint density at radius 1 is 1.16 bits per heavy atom. The molecular weight excluding hydrogens is 314 g/mol. The summed E-state index contributed by atoms with van der Waals surface area (Å²) in [4.78, 5) is 7.17. The summed E-state index contributed by atoms with van der Waals surface area (Å²) in [6.07, 6.45) is 0. The van der Waals surface area contributed by atoms with E-state index in [1.807, 2.05) is 12.1 Å². The number of nitrogens with one attached hydrogen (secondary N) is 1. The Bertz CT molecular complexity index is 780. The summed E-state index contributed by atoms with van der Waals surface area (Å²) >= 11 is 3.34. The zero-order valence-electron chi connectivity index (χ0n) is 9.97. The number of fused-ring (bicyclic) bond motifs is 1. The van der Waals surface area contributed by atoms with E-state index in [1.165, 1.54) is 12.1 Å². The maximum Gasteiger partial charge on any atom is 0.144 e. The van der Waals surface area contributed by atoms with E-state index in [0.29, 0.717) is 11.1 Å². The number of H-pyrrole nitrogens is 1. The Labute approximate surface area is 116 Å². The lowest BCUT2D eigenvalue weighted by atomic mass is 10.1. The molecule has 0 saturated heterocycles. The number of benzene rings is 2. The average molecular weight is 323 g/mol. The molecule has 3 rings (SSSR count). The molecule has 2 nitrogen and oxygen atoms in total. The molecule has 1 N–H and O–H groups in total. The first kappa shape index (κ1) is 12.3. The topological polar surface area (TPSA) is 28.7 Å². The normalized spacial score (nSPS) is 11.2. The third-order valence-electron chi connectivity index (χ3n) is 2.96. The van der Waals surface area contributed by atoms with Gasteiger partial charge >= 0.3 is 0 Å². The molecule has 3 aromatic rings. The van der Waals surface area contributed by atoms with E-state index >= 15 is 0 Å². The number of nitrogens with zero attached hydrogens (tertiary/aromatic N) is 1. The molecule has 19 heavy (non-hydrogen) atoms. The van der Waals surface area contributed by atoms with Gasteiger partial charge in [-0.2, -0.15) is 0 Å². The second kappa shape index (κ2) is 4.42. The van der Waals surface area contributed by atoms with Crippen LogP contribution in [0.5, 0.6) is 0 Å². The van der Waals surface area contributed by atoms with Crippen molar-refractivity contribution >= 4 is 27.0 Å². The minimum absolute atomic E-state index is 0.118. The molecular formula is C14H9BrF2N2. The Kier molecular flexibility index (Phi) is 2.86. The monoisotopic (exact) mass is 322 g/mol. The predicted molar refractivity (Wildman–Crippen MR) is 73.9 cm³/mol. The molecule has 2 aromatic carbocycles. The molecule has 0 radical (unpaired) electrons. The van der Waals surface area contributed by atoms with Gasteiger partial charge in [0.1, 0.15) is 17.5 Å². The summed E-state index contributed by atoms with van der Waals surface area (Å²) in [6.45, 7) is 1.59. The second-order valence-corrected chi connectivity index (χ2v) is 5.22. The van der Waals surface area contributed by atoms with E-state index in [0.717, 1.165) is 9.99 Å². The SMILES string of the molecule is Cc1ccc(F)c(-c2nc3ccc(Br)cc3[nH]2)c1F. The Hall–Kier alpha value is -1.75. The molecule has 5 heteroatoms. The fourth-order valence-corrected chi connectivity index (χ4v) is 2.34. The first-order valence-electron chi connectivity index (χ1n) is 5.66. The zero-order valence-corrected chi connectivity index (χ0v) is 11.6. The van der Waals surface area contributed by atoms with Crippen LogP contribution in [0.4, 0.5) is 8.78 Å². The lowest BCUT2D eigenvalue weighted by molar-refractivity contribution is 0.582. The lowest BCUT2D eigenvalue weighted by Gasteiger charge is -2.03. The van der Waals surface area contributed by atoms with Gasteiger partial charge in [0.15, 0.2) is 0 Å². The van der Waals surface area contributed by atoms with E-state index < -0.39 is 11.6 Å². The summed E-state index contributed by atoms with van der Waals surface area (Å²) in [7, 11) is 0. The van der Waals surface area contributed by atoms with Crippen molar-refractivity contribution in [2.24, 2.45) is 0 Å². The molecule has 0 saturated carbocycles. The Morgan fingerprint density at radius 2 is 1.95 bits per heavy atom. The highest BCUT2D eigenvalue weighted by molar-refractivity contribution is 9.10. The zero-order chi connectivity index (χ0) is 13.6. The quantitative estimate of drug-likeness (QED) is 0.698. The molecule has 0 atom stereocenters. The van der Waals surface area contributed by atoms with Crippen LogP contribution in [0.2, 0.25) is 0 Å². The van der Waals surface area contributed by atoms with Crippen molar-refractivity contribution in [2.75, 3.05) is 0 Å². The van der Waals surface area contributed by atoms with Crippen LogP contribution in [0, 0.1) is 18.6 Å². The highest BCUT2D eigenvalue weighted by atomic mass is 79.9. The van der Waals surface area contributed by atoms with Gasteiger partial charge in [-0.3, -0.25) is 0 Å². The highest BCUT2D eigenvalue weighted by Crippen LogP contribution is 2.28. The molecule has 0 spiro atoms. The third-order valence-corrected chi connectivity index (χ3v) is 3.46. The van der Waals surface area contributed by atoms with Crippen molar-refractivity contribution in [1.29, 1.82) is 0 Å². The summed E-state index contributed by atoms with van der Waals surface area (Å²) in [6, 6.07) is 8.09. The molecule has 96 valence electrons.